The highest BCUT2D eigenvalue weighted by molar-refractivity contribution is 7.89. The van der Waals surface area contributed by atoms with Crippen LogP contribution in [-0.4, -0.2) is 30.3 Å². The SMILES string of the molecule is COc1ccc(CCc2nnc(S(N)(=O)=O)n2C)cc1. The molecule has 7 nitrogen and oxygen atoms in total. The molecule has 2 N–H and O–H groups in total. The summed E-state index contributed by atoms with van der Waals surface area (Å²) in [5.74, 6) is 1.37. The van der Waals surface area contributed by atoms with Crippen molar-refractivity contribution < 1.29 is 13.2 Å². The summed E-state index contributed by atoms with van der Waals surface area (Å²) < 4.78 is 29.0. The fraction of sp³-hybridized carbons (Fsp3) is 0.333. The normalized spacial score (nSPS) is 11.6. The first-order chi connectivity index (χ1) is 9.41. The van der Waals surface area contributed by atoms with Crippen LogP contribution in [0.1, 0.15) is 11.4 Å². The third kappa shape index (κ3) is 3.14. The Morgan fingerprint density at radius 2 is 1.85 bits per heavy atom. The summed E-state index contributed by atoms with van der Waals surface area (Å²) in [6, 6.07) is 7.66. The maximum Gasteiger partial charge on any atom is 0.273 e. The van der Waals surface area contributed by atoms with Crippen molar-refractivity contribution in [3.05, 3.63) is 35.7 Å². The molecule has 8 heteroatoms. The molecule has 2 aromatic rings. The Hall–Kier alpha value is -1.93. The number of rotatable bonds is 5. The van der Waals surface area contributed by atoms with E-state index in [0.717, 1.165) is 17.7 Å². The van der Waals surface area contributed by atoms with Gasteiger partial charge in [0.2, 0.25) is 0 Å². The average molecular weight is 296 g/mol. The topological polar surface area (TPSA) is 100 Å². The maximum absolute atomic E-state index is 11.3. The quantitative estimate of drug-likeness (QED) is 0.853. The van der Waals surface area contributed by atoms with Crippen molar-refractivity contribution in [1.29, 1.82) is 0 Å². The van der Waals surface area contributed by atoms with Crippen LogP contribution >= 0.6 is 0 Å². The van der Waals surface area contributed by atoms with Crippen LogP contribution in [0.2, 0.25) is 0 Å². The number of ether oxygens (including phenoxy) is 1. The molecule has 0 fully saturated rings. The monoisotopic (exact) mass is 296 g/mol. The highest BCUT2D eigenvalue weighted by atomic mass is 32.2. The van der Waals surface area contributed by atoms with Gasteiger partial charge in [0.1, 0.15) is 11.6 Å². The zero-order chi connectivity index (χ0) is 14.8. The number of sulfonamides is 1. The van der Waals surface area contributed by atoms with E-state index in [4.69, 9.17) is 9.88 Å². The van der Waals surface area contributed by atoms with Crippen LogP contribution in [0.25, 0.3) is 0 Å². The molecular formula is C12H16N4O3S. The lowest BCUT2D eigenvalue weighted by Gasteiger charge is -2.04. The van der Waals surface area contributed by atoms with E-state index < -0.39 is 10.0 Å². The fourth-order valence-electron chi connectivity index (χ4n) is 1.86. The first-order valence-electron chi connectivity index (χ1n) is 5.96. The Labute approximate surface area is 117 Å². The summed E-state index contributed by atoms with van der Waals surface area (Å²) in [4.78, 5) is 0. The van der Waals surface area contributed by atoms with Crippen LogP contribution in [0.4, 0.5) is 0 Å². The minimum Gasteiger partial charge on any atom is -0.497 e. The Balaban J connectivity index is 2.09. The predicted octanol–water partition coefficient (Wildman–Crippen LogP) is 0.256. The van der Waals surface area contributed by atoms with Gasteiger partial charge in [0.15, 0.2) is 0 Å². The lowest BCUT2D eigenvalue weighted by molar-refractivity contribution is 0.414. The van der Waals surface area contributed by atoms with Crippen LogP contribution in [-0.2, 0) is 29.9 Å². The Bertz CT molecular complexity index is 692. The van der Waals surface area contributed by atoms with Gasteiger partial charge in [-0.1, -0.05) is 12.1 Å². The zero-order valence-corrected chi connectivity index (χ0v) is 12.1. The molecule has 0 saturated carbocycles. The molecule has 0 radical (unpaired) electrons. The van der Waals surface area contributed by atoms with Gasteiger partial charge in [-0.05, 0) is 24.1 Å². The molecule has 0 amide bonds. The largest absolute Gasteiger partial charge is 0.497 e. The standard InChI is InChI=1S/C12H16N4O3S/c1-16-11(14-15-12(16)20(13,17)18)8-5-9-3-6-10(19-2)7-4-9/h3-4,6-7H,5,8H2,1-2H3,(H2,13,17,18). The van der Waals surface area contributed by atoms with Gasteiger partial charge in [-0.2, -0.15) is 0 Å². The van der Waals surface area contributed by atoms with Gasteiger partial charge in [-0.25, -0.2) is 13.6 Å². The number of nitrogens with two attached hydrogens (primary N) is 1. The Kier molecular flexibility index (Phi) is 4.05. The summed E-state index contributed by atoms with van der Waals surface area (Å²) in [6.07, 6.45) is 1.30. The molecule has 0 aliphatic heterocycles. The van der Waals surface area contributed by atoms with Crippen molar-refractivity contribution in [3.8, 4) is 5.75 Å². The first-order valence-corrected chi connectivity index (χ1v) is 7.50. The Morgan fingerprint density at radius 1 is 1.20 bits per heavy atom. The second kappa shape index (κ2) is 5.59. The van der Waals surface area contributed by atoms with E-state index in [1.807, 2.05) is 24.3 Å². The van der Waals surface area contributed by atoms with Gasteiger partial charge in [0.25, 0.3) is 15.2 Å². The summed E-state index contributed by atoms with van der Waals surface area (Å²) in [5.41, 5.74) is 1.10. The highest BCUT2D eigenvalue weighted by Crippen LogP contribution is 2.13. The Morgan fingerprint density at radius 3 is 2.35 bits per heavy atom. The molecule has 0 atom stereocenters. The predicted molar refractivity (Wildman–Crippen MR) is 72.8 cm³/mol. The number of primary sulfonamides is 1. The van der Waals surface area contributed by atoms with Gasteiger partial charge >= 0.3 is 0 Å². The molecule has 1 aromatic carbocycles. The van der Waals surface area contributed by atoms with E-state index in [0.29, 0.717) is 12.2 Å². The number of hydrogen-bond acceptors (Lipinski definition) is 5. The van der Waals surface area contributed by atoms with Gasteiger partial charge in [-0.15, -0.1) is 10.2 Å². The van der Waals surface area contributed by atoms with Crippen LogP contribution in [0, 0.1) is 0 Å². The van der Waals surface area contributed by atoms with Crippen molar-refractivity contribution in [3.63, 3.8) is 0 Å². The number of methoxy groups -OCH3 is 1. The van der Waals surface area contributed by atoms with Gasteiger partial charge in [-0.3, -0.25) is 0 Å². The van der Waals surface area contributed by atoms with Crippen molar-refractivity contribution in [2.24, 2.45) is 12.2 Å². The third-order valence-corrected chi connectivity index (χ3v) is 3.84. The number of benzene rings is 1. The van der Waals surface area contributed by atoms with Crippen molar-refractivity contribution in [2.75, 3.05) is 7.11 Å². The third-order valence-electron chi connectivity index (χ3n) is 2.98. The van der Waals surface area contributed by atoms with E-state index in [2.05, 4.69) is 10.2 Å². The van der Waals surface area contributed by atoms with Crippen LogP contribution < -0.4 is 9.88 Å². The van der Waals surface area contributed by atoms with Crippen molar-refractivity contribution >= 4 is 10.0 Å². The molecule has 0 aliphatic rings. The molecule has 108 valence electrons. The number of aromatic nitrogens is 3. The van der Waals surface area contributed by atoms with Crippen LogP contribution in [0.5, 0.6) is 5.75 Å². The molecule has 0 bridgehead atoms. The number of aryl methyl sites for hydroxylation is 2. The molecule has 0 unspecified atom stereocenters. The lowest BCUT2D eigenvalue weighted by Crippen LogP contribution is -2.17. The van der Waals surface area contributed by atoms with E-state index in [1.165, 1.54) is 4.57 Å². The molecule has 20 heavy (non-hydrogen) atoms. The first kappa shape index (κ1) is 14.5. The van der Waals surface area contributed by atoms with E-state index in [9.17, 15) is 8.42 Å². The van der Waals surface area contributed by atoms with Gasteiger partial charge < -0.3 is 9.30 Å². The van der Waals surface area contributed by atoms with Crippen molar-refractivity contribution in [2.45, 2.75) is 18.0 Å². The van der Waals surface area contributed by atoms with Crippen LogP contribution in [0.3, 0.4) is 0 Å². The smallest absolute Gasteiger partial charge is 0.273 e. The average Bonchev–Trinajstić information content (AvgIpc) is 2.78. The van der Waals surface area contributed by atoms with E-state index in [1.54, 1.807) is 14.2 Å². The second-order valence-corrected chi connectivity index (χ2v) is 5.81. The molecule has 1 heterocycles. The zero-order valence-electron chi connectivity index (χ0n) is 11.3. The molecule has 0 aliphatic carbocycles. The second-order valence-electron chi connectivity index (χ2n) is 4.35. The van der Waals surface area contributed by atoms with E-state index in [-0.39, 0.29) is 5.16 Å². The fourth-order valence-corrected chi connectivity index (χ4v) is 2.50. The summed E-state index contributed by atoms with van der Waals surface area (Å²) >= 11 is 0. The summed E-state index contributed by atoms with van der Waals surface area (Å²) in [6.45, 7) is 0. The van der Waals surface area contributed by atoms with Crippen LogP contribution in [0.15, 0.2) is 29.4 Å². The van der Waals surface area contributed by atoms with E-state index >= 15 is 0 Å². The highest BCUT2D eigenvalue weighted by Gasteiger charge is 2.18. The lowest BCUT2D eigenvalue weighted by atomic mass is 10.1. The summed E-state index contributed by atoms with van der Waals surface area (Å²) in [5, 5.41) is 12.3. The van der Waals surface area contributed by atoms with Gasteiger partial charge in [0.05, 0.1) is 7.11 Å². The van der Waals surface area contributed by atoms with Crippen molar-refractivity contribution in [1.82, 2.24) is 14.8 Å². The molecular weight excluding hydrogens is 280 g/mol. The maximum atomic E-state index is 11.3. The molecule has 2 rings (SSSR count). The molecule has 0 saturated heterocycles. The molecule has 1 aromatic heterocycles. The molecule has 0 spiro atoms. The summed E-state index contributed by atoms with van der Waals surface area (Å²) in [7, 11) is -0.631. The number of hydrogen-bond donors (Lipinski definition) is 1. The van der Waals surface area contributed by atoms with Gasteiger partial charge in [0, 0.05) is 13.5 Å². The minimum absolute atomic E-state index is 0.220. The minimum atomic E-state index is -3.83. The number of nitrogens with zero attached hydrogens (tertiary/aromatic N) is 3.